The molecule has 104 valence electrons. The van der Waals surface area contributed by atoms with E-state index < -0.39 is 0 Å². The molecular formula is C13H20N4O2. The van der Waals surface area contributed by atoms with Gasteiger partial charge in [0.15, 0.2) is 0 Å². The van der Waals surface area contributed by atoms with E-state index in [-0.39, 0.29) is 11.5 Å². The molecule has 1 aromatic heterocycles. The summed E-state index contributed by atoms with van der Waals surface area (Å²) < 4.78 is 0. The molecular weight excluding hydrogens is 244 g/mol. The van der Waals surface area contributed by atoms with E-state index in [0.717, 1.165) is 32.5 Å². The molecule has 19 heavy (non-hydrogen) atoms. The first kappa shape index (κ1) is 13.7. The van der Waals surface area contributed by atoms with Crippen molar-refractivity contribution in [3.05, 3.63) is 28.2 Å². The second-order valence-electron chi connectivity index (χ2n) is 4.86. The van der Waals surface area contributed by atoms with E-state index in [1.54, 1.807) is 4.90 Å². The van der Waals surface area contributed by atoms with Crippen molar-refractivity contribution in [2.45, 2.75) is 19.8 Å². The van der Waals surface area contributed by atoms with Crippen molar-refractivity contribution in [1.29, 1.82) is 0 Å². The third-order valence-corrected chi connectivity index (χ3v) is 3.44. The highest BCUT2D eigenvalue weighted by Gasteiger charge is 2.21. The predicted molar refractivity (Wildman–Crippen MR) is 72.0 cm³/mol. The summed E-state index contributed by atoms with van der Waals surface area (Å²) in [6, 6.07) is 2.80. The largest absolute Gasteiger partial charge is 0.337 e. The smallest absolute Gasteiger partial charge is 0.274 e. The molecule has 2 N–H and O–H groups in total. The Morgan fingerprint density at radius 3 is 2.95 bits per heavy atom. The van der Waals surface area contributed by atoms with Crippen LogP contribution in [0.25, 0.3) is 0 Å². The topological polar surface area (TPSA) is 78.1 Å². The molecule has 1 aromatic rings. The maximum absolute atomic E-state index is 12.3. The lowest BCUT2D eigenvalue weighted by atomic mass is 9.99. The van der Waals surface area contributed by atoms with Crippen LogP contribution in [0.3, 0.4) is 0 Å². The summed E-state index contributed by atoms with van der Waals surface area (Å²) in [6.45, 7) is 5.37. The number of nitrogens with one attached hydrogen (secondary N) is 2. The van der Waals surface area contributed by atoms with E-state index in [1.165, 1.54) is 12.1 Å². The van der Waals surface area contributed by atoms with E-state index in [2.05, 4.69) is 15.5 Å². The number of hydrogen-bond donors (Lipinski definition) is 2. The molecule has 2 rings (SSSR count). The lowest BCUT2D eigenvalue weighted by Gasteiger charge is -2.29. The lowest BCUT2D eigenvalue weighted by Crippen LogP contribution is -2.41. The fourth-order valence-corrected chi connectivity index (χ4v) is 2.37. The van der Waals surface area contributed by atoms with Gasteiger partial charge in [0.1, 0.15) is 5.69 Å². The zero-order valence-corrected chi connectivity index (χ0v) is 11.2. The lowest BCUT2D eigenvalue weighted by molar-refractivity contribution is 0.0722. The normalized spacial score (nSPS) is 19.1. The molecule has 6 heteroatoms. The second kappa shape index (κ2) is 6.47. The predicted octanol–water partition coefficient (Wildman–Crippen LogP) is 0.232. The van der Waals surface area contributed by atoms with Gasteiger partial charge in [-0.1, -0.05) is 0 Å². The Bertz CT molecular complexity index is 459. The number of H-pyrrole nitrogens is 1. The standard InChI is InChI=1S/C13H20N4O2/c1-2-17(9-10-4-3-7-14-8-10)13(19)11-5-6-12(18)16-15-11/h5-6,10,14H,2-4,7-9H2,1H3,(H,16,18). The minimum absolute atomic E-state index is 0.121. The molecule has 0 radical (unpaired) electrons. The second-order valence-corrected chi connectivity index (χ2v) is 4.86. The molecule has 1 atom stereocenters. The van der Waals surface area contributed by atoms with E-state index in [0.29, 0.717) is 18.2 Å². The quantitative estimate of drug-likeness (QED) is 0.816. The van der Waals surface area contributed by atoms with Crippen molar-refractivity contribution in [2.75, 3.05) is 26.2 Å². The number of nitrogens with zero attached hydrogens (tertiary/aromatic N) is 2. The van der Waals surface area contributed by atoms with Gasteiger partial charge in [-0.2, -0.15) is 5.10 Å². The van der Waals surface area contributed by atoms with Gasteiger partial charge in [0, 0.05) is 19.2 Å². The van der Waals surface area contributed by atoms with Gasteiger partial charge < -0.3 is 10.2 Å². The number of carbonyl (C=O) groups is 1. The van der Waals surface area contributed by atoms with Crippen molar-refractivity contribution < 1.29 is 4.79 Å². The van der Waals surface area contributed by atoms with Crippen LogP contribution in [0.5, 0.6) is 0 Å². The summed E-state index contributed by atoms with van der Waals surface area (Å²) in [6.07, 6.45) is 2.31. The molecule has 1 saturated heterocycles. The molecule has 6 nitrogen and oxygen atoms in total. The summed E-state index contributed by atoms with van der Waals surface area (Å²) in [5.41, 5.74) is 0.00120. The highest BCUT2D eigenvalue weighted by atomic mass is 16.2. The Balaban J connectivity index is 2.01. The molecule has 0 saturated carbocycles. The summed E-state index contributed by atoms with van der Waals surface area (Å²) in [5, 5.41) is 9.44. The fourth-order valence-electron chi connectivity index (χ4n) is 2.37. The van der Waals surface area contributed by atoms with Gasteiger partial charge in [-0.05, 0) is 44.8 Å². The van der Waals surface area contributed by atoms with Crippen LogP contribution in [0, 0.1) is 5.92 Å². The molecule has 0 aliphatic carbocycles. The van der Waals surface area contributed by atoms with Crippen LogP contribution in [0.1, 0.15) is 30.3 Å². The van der Waals surface area contributed by atoms with Crippen LogP contribution in [-0.2, 0) is 0 Å². The first-order valence-electron chi connectivity index (χ1n) is 6.76. The molecule has 0 bridgehead atoms. The van der Waals surface area contributed by atoms with Gasteiger partial charge in [0.05, 0.1) is 0 Å². The third kappa shape index (κ3) is 3.64. The van der Waals surface area contributed by atoms with Crippen LogP contribution in [0.2, 0.25) is 0 Å². The molecule has 0 spiro atoms. The number of carbonyl (C=O) groups excluding carboxylic acids is 1. The first-order chi connectivity index (χ1) is 9.20. The van der Waals surface area contributed by atoms with E-state index in [1.807, 2.05) is 6.92 Å². The summed E-state index contributed by atoms with van der Waals surface area (Å²) in [5.74, 6) is 0.379. The average molecular weight is 264 g/mol. The summed E-state index contributed by atoms with van der Waals surface area (Å²) in [4.78, 5) is 25.0. The van der Waals surface area contributed by atoms with Gasteiger partial charge in [-0.3, -0.25) is 9.59 Å². The molecule has 1 unspecified atom stereocenters. The number of aromatic amines is 1. The van der Waals surface area contributed by atoms with Crippen LogP contribution < -0.4 is 10.9 Å². The minimum Gasteiger partial charge on any atom is -0.337 e. The Kier molecular flexibility index (Phi) is 4.68. The first-order valence-corrected chi connectivity index (χ1v) is 6.76. The molecule has 1 fully saturated rings. The summed E-state index contributed by atoms with van der Waals surface area (Å²) in [7, 11) is 0. The van der Waals surface area contributed by atoms with Crippen molar-refractivity contribution in [3.8, 4) is 0 Å². The van der Waals surface area contributed by atoms with Crippen molar-refractivity contribution in [2.24, 2.45) is 5.92 Å². The molecule has 1 aliphatic heterocycles. The van der Waals surface area contributed by atoms with E-state index >= 15 is 0 Å². The van der Waals surface area contributed by atoms with Crippen LogP contribution in [-0.4, -0.2) is 47.2 Å². The Hall–Kier alpha value is -1.69. The maximum Gasteiger partial charge on any atom is 0.274 e. The van der Waals surface area contributed by atoms with Gasteiger partial charge in [-0.25, -0.2) is 5.10 Å². The van der Waals surface area contributed by atoms with Crippen LogP contribution >= 0.6 is 0 Å². The summed E-state index contributed by atoms with van der Waals surface area (Å²) >= 11 is 0. The number of rotatable bonds is 4. The monoisotopic (exact) mass is 264 g/mol. The Labute approximate surface area is 112 Å². The minimum atomic E-state index is -0.295. The molecule has 0 aromatic carbocycles. The molecule has 1 aliphatic rings. The number of piperidine rings is 1. The Morgan fingerprint density at radius 1 is 1.53 bits per heavy atom. The van der Waals surface area contributed by atoms with Crippen molar-refractivity contribution in [3.63, 3.8) is 0 Å². The van der Waals surface area contributed by atoms with Crippen LogP contribution in [0.15, 0.2) is 16.9 Å². The van der Waals surface area contributed by atoms with Crippen molar-refractivity contribution in [1.82, 2.24) is 20.4 Å². The zero-order chi connectivity index (χ0) is 13.7. The van der Waals surface area contributed by atoms with Gasteiger partial charge in [0.25, 0.3) is 11.5 Å². The van der Waals surface area contributed by atoms with Crippen LogP contribution in [0.4, 0.5) is 0 Å². The molecule has 2 heterocycles. The van der Waals surface area contributed by atoms with Gasteiger partial charge in [-0.15, -0.1) is 0 Å². The van der Waals surface area contributed by atoms with E-state index in [4.69, 9.17) is 0 Å². The average Bonchev–Trinajstić information content (AvgIpc) is 2.46. The molecule has 1 amide bonds. The maximum atomic E-state index is 12.3. The van der Waals surface area contributed by atoms with Gasteiger partial charge in [0.2, 0.25) is 0 Å². The third-order valence-electron chi connectivity index (χ3n) is 3.44. The zero-order valence-electron chi connectivity index (χ0n) is 11.2. The number of hydrogen-bond acceptors (Lipinski definition) is 4. The Morgan fingerprint density at radius 2 is 2.37 bits per heavy atom. The van der Waals surface area contributed by atoms with E-state index in [9.17, 15) is 9.59 Å². The highest BCUT2D eigenvalue weighted by molar-refractivity contribution is 5.92. The van der Waals surface area contributed by atoms with Crippen molar-refractivity contribution >= 4 is 5.91 Å². The highest BCUT2D eigenvalue weighted by Crippen LogP contribution is 2.13. The van der Waals surface area contributed by atoms with Gasteiger partial charge >= 0.3 is 0 Å². The fraction of sp³-hybridized carbons (Fsp3) is 0.615. The SMILES string of the molecule is CCN(CC1CCCNC1)C(=O)c1ccc(=O)[nH]n1. The number of aromatic nitrogens is 2. The number of amides is 1.